The fourth-order valence-corrected chi connectivity index (χ4v) is 6.36. The van der Waals surface area contributed by atoms with Crippen molar-refractivity contribution in [1.82, 2.24) is 20.0 Å². The summed E-state index contributed by atoms with van der Waals surface area (Å²) in [5, 5.41) is 8.50. The Kier molecular flexibility index (Phi) is 10.0. The summed E-state index contributed by atoms with van der Waals surface area (Å²) >= 11 is 1.26. The summed E-state index contributed by atoms with van der Waals surface area (Å²) in [4.78, 5) is 20.2. The number of halogens is 2. The zero-order valence-corrected chi connectivity index (χ0v) is 26.8. The van der Waals surface area contributed by atoms with E-state index in [9.17, 15) is 13.6 Å². The first-order valence-corrected chi connectivity index (χ1v) is 18.0. The van der Waals surface area contributed by atoms with Crippen LogP contribution in [0.1, 0.15) is 31.0 Å². The highest BCUT2D eigenvalue weighted by atomic mass is 32.2. The van der Waals surface area contributed by atoms with Crippen molar-refractivity contribution in [2.24, 2.45) is 5.92 Å². The first-order chi connectivity index (χ1) is 20.3. The van der Waals surface area contributed by atoms with E-state index in [1.165, 1.54) is 37.7 Å². The highest BCUT2D eigenvalue weighted by Gasteiger charge is 2.47. The molecule has 3 heterocycles. The smallest absolute Gasteiger partial charge is 0.302 e. The van der Waals surface area contributed by atoms with Gasteiger partial charge < -0.3 is 19.1 Å². The molecule has 5 atom stereocenters. The van der Waals surface area contributed by atoms with Gasteiger partial charge in [-0.05, 0) is 25.1 Å². The minimum Gasteiger partial charge on any atom is -0.463 e. The summed E-state index contributed by atoms with van der Waals surface area (Å²) in [6, 6.07) is 3.76. The van der Waals surface area contributed by atoms with Crippen molar-refractivity contribution in [3.8, 4) is 22.7 Å². The van der Waals surface area contributed by atoms with Gasteiger partial charge in [0.05, 0.1) is 23.9 Å². The van der Waals surface area contributed by atoms with Crippen LogP contribution in [0.15, 0.2) is 35.5 Å². The number of ether oxygens (including phenoxy) is 3. The van der Waals surface area contributed by atoms with E-state index in [0.717, 1.165) is 0 Å². The van der Waals surface area contributed by atoms with E-state index in [-0.39, 0.29) is 35.2 Å². The fourth-order valence-electron chi connectivity index (χ4n) is 4.59. The van der Waals surface area contributed by atoms with Crippen LogP contribution < -0.4 is 0 Å². The van der Waals surface area contributed by atoms with Crippen molar-refractivity contribution in [2.75, 3.05) is 13.7 Å². The quantitative estimate of drug-likeness (QED) is 0.137. The molecule has 226 valence electrons. The van der Waals surface area contributed by atoms with Gasteiger partial charge in [-0.25, -0.2) is 13.5 Å². The van der Waals surface area contributed by atoms with E-state index in [1.807, 2.05) is 13.0 Å². The monoisotopic (exact) mass is 625 g/mol. The van der Waals surface area contributed by atoms with Crippen molar-refractivity contribution < 1.29 is 27.8 Å². The Bertz CT molecular complexity index is 1590. The Morgan fingerprint density at radius 2 is 1.95 bits per heavy atom. The standard InChI is InChI=1S/C30H33F2N5O4SSi/c1-17-22(31)12-21(13-23(17)32)24-15-37(36-35-24)27-18(2)25(16-40-19(3)38)41-30(28(27)39-5)42-26-11-20(9-10-43(6,7)8)14-34-29(26)33-4/h11-15,18,25,27-28,30H,16H2,1-3,5-8H3/t18-,25?,27-,28?,30+/m0/s1. The largest absolute Gasteiger partial charge is 0.463 e. The molecule has 0 bridgehead atoms. The Morgan fingerprint density at radius 1 is 1.26 bits per heavy atom. The number of thioether (sulfide) groups is 1. The van der Waals surface area contributed by atoms with Crippen LogP contribution in [0.5, 0.6) is 0 Å². The zero-order chi connectivity index (χ0) is 31.5. The fraction of sp³-hybridized carbons (Fsp3) is 0.433. The molecule has 13 heteroatoms. The minimum atomic E-state index is -1.65. The van der Waals surface area contributed by atoms with E-state index in [4.69, 9.17) is 20.8 Å². The van der Waals surface area contributed by atoms with Crippen LogP contribution in [0.4, 0.5) is 14.6 Å². The molecule has 0 N–H and O–H groups in total. The van der Waals surface area contributed by atoms with Gasteiger partial charge in [0.25, 0.3) is 5.82 Å². The molecule has 0 spiro atoms. The van der Waals surface area contributed by atoms with Gasteiger partial charge >= 0.3 is 5.97 Å². The molecule has 1 aliphatic heterocycles. The number of methoxy groups -OCH3 is 1. The molecule has 2 aromatic heterocycles. The molecule has 4 rings (SSSR count). The van der Waals surface area contributed by atoms with Gasteiger partial charge in [0.1, 0.15) is 49.7 Å². The maximum absolute atomic E-state index is 14.3. The van der Waals surface area contributed by atoms with Crippen LogP contribution in [-0.2, 0) is 19.0 Å². The molecule has 9 nitrogen and oxygen atoms in total. The number of nitrogens with zero attached hydrogens (tertiary/aromatic N) is 5. The van der Waals surface area contributed by atoms with E-state index >= 15 is 0 Å². The highest BCUT2D eigenvalue weighted by Crippen LogP contribution is 2.44. The third-order valence-corrected chi connectivity index (χ3v) is 8.96. The predicted octanol–water partition coefficient (Wildman–Crippen LogP) is 5.98. The second-order valence-electron chi connectivity index (χ2n) is 11.3. The Balaban J connectivity index is 1.73. The molecule has 1 saturated heterocycles. The van der Waals surface area contributed by atoms with Gasteiger partial charge in [-0.3, -0.25) is 4.79 Å². The van der Waals surface area contributed by atoms with Crippen molar-refractivity contribution in [2.45, 2.75) is 69.0 Å². The second kappa shape index (κ2) is 13.3. The SMILES string of the molecule is [C-]#[N+]c1ncc(C#C[Si](C)(C)C)cc1S[C@H]1OC(COC(C)=O)[C@H](C)[C@H](n2cc(-c3cc(F)c(C)c(F)c3)nn2)C1OC. The number of pyridine rings is 1. The molecule has 0 amide bonds. The molecule has 1 aromatic carbocycles. The Morgan fingerprint density at radius 3 is 2.56 bits per heavy atom. The summed E-state index contributed by atoms with van der Waals surface area (Å²) in [6.07, 6.45) is 2.00. The molecule has 0 saturated carbocycles. The van der Waals surface area contributed by atoms with Gasteiger partial charge in [-0.15, -0.1) is 27.4 Å². The second-order valence-corrected chi connectivity index (χ2v) is 17.2. The molecule has 0 radical (unpaired) electrons. The summed E-state index contributed by atoms with van der Waals surface area (Å²) in [5.74, 6) is 1.26. The summed E-state index contributed by atoms with van der Waals surface area (Å²) in [6.45, 7) is 18.7. The molecule has 0 aliphatic carbocycles. The van der Waals surface area contributed by atoms with E-state index in [1.54, 1.807) is 24.2 Å². The van der Waals surface area contributed by atoms with Crippen molar-refractivity contribution >= 4 is 31.6 Å². The van der Waals surface area contributed by atoms with Crippen LogP contribution in [0.25, 0.3) is 16.1 Å². The Hall–Kier alpha value is -3.62. The number of benzene rings is 1. The number of esters is 1. The maximum Gasteiger partial charge on any atom is 0.302 e. The van der Waals surface area contributed by atoms with Crippen LogP contribution in [0, 0.1) is 42.5 Å². The molecule has 2 unspecified atom stereocenters. The molecule has 3 aromatic rings. The topological polar surface area (TPSA) is 92.7 Å². The van der Waals surface area contributed by atoms with Gasteiger partial charge in [-0.1, -0.05) is 44.3 Å². The first kappa shape index (κ1) is 32.3. The minimum absolute atomic E-state index is 0.0217. The third kappa shape index (κ3) is 7.67. The van der Waals surface area contributed by atoms with E-state index in [2.05, 4.69) is 51.2 Å². The molecular weight excluding hydrogens is 593 g/mol. The molecule has 43 heavy (non-hydrogen) atoms. The van der Waals surface area contributed by atoms with Gasteiger partial charge in [-0.2, -0.15) is 0 Å². The summed E-state index contributed by atoms with van der Waals surface area (Å²) in [7, 11) is -0.110. The average molecular weight is 626 g/mol. The van der Waals surface area contributed by atoms with E-state index in [0.29, 0.717) is 10.5 Å². The van der Waals surface area contributed by atoms with Crippen molar-refractivity contribution in [1.29, 1.82) is 0 Å². The lowest BCUT2D eigenvalue weighted by Gasteiger charge is -2.44. The van der Waals surface area contributed by atoms with Crippen LogP contribution in [0.2, 0.25) is 19.6 Å². The lowest BCUT2D eigenvalue weighted by atomic mass is 9.89. The first-order valence-electron chi connectivity index (χ1n) is 13.6. The lowest BCUT2D eigenvalue weighted by molar-refractivity contribution is -0.171. The summed E-state index contributed by atoms with van der Waals surface area (Å²) < 4.78 is 47.9. The third-order valence-electron chi connectivity index (χ3n) is 6.92. The highest BCUT2D eigenvalue weighted by molar-refractivity contribution is 8.00. The van der Waals surface area contributed by atoms with E-state index < -0.39 is 49.4 Å². The number of carbonyl (C=O) groups excluding carboxylic acids is 1. The summed E-state index contributed by atoms with van der Waals surface area (Å²) in [5.41, 5.74) is 3.75. The molecule has 1 aliphatic rings. The molecular formula is C30H33F2N5O4SSi. The lowest BCUT2D eigenvalue weighted by Crippen LogP contribution is -2.52. The predicted molar refractivity (Wildman–Crippen MR) is 161 cm³/mol. The number of hydrogen-bond acceptors (Lipinski definition) is 8. The number of aromatic nitrogens is 4. The Labute approximate surface area is 255 Å². The van der Waals surface area contributed by atoms with Gasteiger partial charge in [0, 0.05) is 36.0 Å². The number of rotatable bonds is 7. The van der Waals surface area contributed by atoms with Crippen molar-refractivity contribution in [3.63, 3.8) is 0 Å². The van der Waals surface area contributed by atoms with Crippen LogP contribution in [0.3, 0.4) is 0 Å². The number of carbonyl (C=O) groups is 1. The maximum atomic E-state index is 14.3. The average Bonchev–Trinajstić information content (AvgIpc) is 3.44. The normalized spacial score (nSPS) is 21.9. The van der Waals surface area contributed by atoms with Crippen molar-refractivity contribution in [3.05, 3.63) is 64.8 Å². The van der Waals surface area contributed by atoms with Crippen LogP contribution >= 0.6 is 11.8 Å². The van der Waals surface area contributed by atoms with Crippen LogP contribution in [-0.4, -0.2) is 65.4 Å². The molecule has 1 fully saturated rings. The van der Waals surface area contributed by atoms with Gasteiger partial charge in [0.2, 0.25) is 0 Å². The van der Waals surface area contributed by atoms with Gasteiger partial charge in [0.15, 0.2) is 0 Å². The number of hydrogen-bond donors (Lipinski definition) is 0. The zero-order valence-electron chi connectivity index (χ0n) is 25.0.